The molecule has 8 heteroatoms. The van der Waals surface area contributed by atoms with Gasteiger partial charge in [0.25, 0.3) is 5.91 Å². The molecule has 0 bridgehead atoms. The Bertz CT molecular complexity index is 1180. The molecule has 0 saturated heterocycles. The van der Waals surface area contributed by atoms with Crippen molar-refractivity contribution in [2.75, 3.05) is 10.6 Å². The van der Waals surface area contributed by atoms with E-state index in [0.29, 0.717) is 18.1 Å². The molecule has 29 heavy (non-hydrogen) atoms. The Labute approximate surface area is 164 Å². The van der Waals surface area contributed by atoms with E-state index >= 15 is 0 Å². The number of hydrogen-bond acceptors (Lipinski definition) is 4. The summed E-state index contributed by atoms with van der Waals surface area (Å²) in [5.74, 6) is -1.75. The van der Waals surface area contributed by atoms with Gasteiger partial charge in [-0.2, -0.15) is 0 Å². The molecule has 1 amide bonds. The summed E-state index contributed by atoms with van der Waals surface area (Å²) in [6.45, 7) is 0.438. The van der Waals surface area contributed by atoms with Gasteiger partial charge < -0.3 is 21.4 Å². The fourth-order valence-electron chi connectivity index (χ4n) is 3.14. The highest BCUT2D eigenvalue weighted by atomic mass is 19.1. The summed E-state index contributed by atoms with van der Waals surface area (Å²) in [7, 11) is 0. The smallest absolute Gasteiger partial charge is 0.252 e. The maximum absolute atomic E-state index is 13.4. The number of fused-ring (bicyclic) bond motifs is 1. The Hall–Kier alpha value is -3.94. The van der Waals surface area contributed by atoms with E-state index in [4.69, 9.17) is 5.73 Å². The molecule has 2 aromatic heterocycles. The average Bonchev–Trinajstić information content (AvgIpc) is 3.15. The molecule has 5 N–H and O–H groups in total. The molecule has 0 aliphatic carbocycles. The molecule has 0 aliphatic rings. The molecular formula is C21H17F2N5O. The summed E-state index contributed by atoms with van der Waals surface area (Å²) in [5, 5.41) is 7.09. The first-order valence-corrected chi connectivity index (χ1v) is 8.81. The SMILES string of the molecule is NC(=O)c1cnc(Nc2cc(F)cc(F)c2)cc1NCc1cccc2[nH]ccc12. The van der Waals surface area contributed by atoms with Crippen LogP contribution in [0.4, 0.5) is 26.0 Å². The van der Waals surface area contributed by atoms with E-state index in [1.807, 2.05) is 30.5 Å². The summed E-state index contributed by atoms with van der Waals surface area (Å²) in [6.07, 6.45) is 3.18. The zero-order valence-corrected chi connectivity index (χ0v) is 15.2. The Morgan fingerprint density at radius 1 is 1.10 bits per heavy atom. The van der Waals surface area contributed by atoms with Crippen LogP contribution in [0.5, 0.6) is 0 Å². The topological polar surface area (TPSA) is 95.8 Å². The van der Waals surface area contributed by atoms with E-state index in [-0.39, 0.29) is 11.3 Å². The molecule has 0 saturated carbocycles. The summed E-state index contributed by atoms with van der Waals surface area (Å²) >= 11 is 0. The number of nitrogens with one attached hydrogen (secondary N) is 3. The molecule has 0 radical (unpaired) electrons. The number of aromatic amines is 1. The Morgan fingerprint density at radius 2 is 1.90 bits per heavy atom. The number of benzene rings is 2. The molecule has 2 heterocycles. The third-order valence-corrected chi connectivity index (χ3v) is 4.46. The second-order valence-corrected chi connectivity index (χ2v) is 6.47. The Kier molecular flexibility index (Phi) is 4.82. The molecule has 4 rings (SSSR count). The van der Waals surface area contributed by atoms with Crippen LogP contribution in [0.25, 0.3) is 10.9 Å². The molecular weight excluding hydrogens is 376 g/mol. The minimum absolute atomic E-state index is 0.199. The van der Waals surface area contributed by atoms with Crippen molar-refractivity contribution < 1.29 is 13.6 Å². The second kappa shape index (κ2) is 7.59. The Balaban J connectivity index is 1.61. The first-order valence-electron chi connectivity index (χ1n) is 8.81. The van der Waals surface area contributed by atoms with Crippen LogP contribution in [0.3, 0.4) is 0 Å². The minimum atomic E-state index is -0.709. The zero-order valence-electron chi connectivity index (χ0n) is 15.2. The molecule has 4 aromatic rings. The lowest BCUT2D eigenvalue weighted by molar-refractivity contribution is 0.100. The van der Waals surface area contributed by atoms with Gasteiger partial charge in [-0.05, 0) is 29.8 Å². The first kappa shape index (κ1) is 18.4. The molecule has 2 aromatic carbocycles. The predicted molar refractivity (Wildman–Crippen MR) is 108 cm³/mol. The van der Waals surface area contributed by atoms with Crippen LogP contribution in [-0.2, 0) is 6.54 Å². The number of amides is 1. The number of H-pyrrole nitrogens is 1. The van der Waals surface area contributed by atoms with Crippen LogP contribution in [0.2, 0.25) is 0 Å². The number of primary amides is 1. The van der Waals surface area contributed by atoms with Crippen LogP contribution < -0.4 is 16.4 Å². The quantitative estimate of drug-likeness (QED) is 0.393. The second-order valence-electron chi connectivity index (χ2n) is 6.47. The van der Waals surface area contributed by atoms with Crippen LogP contribution in [0.1, 0.15) is 15.9 Å². The Morgan fingerprint density at radius 3 is 2.66 bits per heavy atom. The van der Waals surface area contributed by atoms with E-state index in [1.165, 1.54) is 6.20 Å². The minimum Gasteiger partial charge on any atom is -0.380 e. The maximum atomic E-state index is 13.4. The number of rotatable bonds is 6. The molecule has 0 atom stereocenters. The lowest BCUT2D eigenvalue weighted by Crippen LogP contribution is -2.15. The molecule has 6 nitrogen and oxygen atoms in total. The zero-order chi connectivity index (χ0) is 20.4. The van der Waals surface area contributed by atoms with Gasteiger partial charge in [0.2, 0.25) is 0 Å². The largest absolute Gasteiger partial charge is 0.380 e. The van der Waals surface area contributed by atoms with Crippen molar-refractivity contribution in [3.05, 3.63) is 83.7 Å². The van der Waals surface area contributed by atoms with E-state index in [1.54, 1.807) is 6.07 Å². The van der Waals surface area contributed by atoms with Crippen molar-refractivity contribution in [1.29, 1.82) is 0 Å². The van der Waals surface area contributed by atoms with Gasteiger partial charge in [-0.3, -0.25) is 4.79 Å². The van der Waals surface area contributed by atoms with Crippen molar-refractivity contribution in [3.63, 3.8) is 0 Å². The highest BCUT2D eigenvalue weighted by Gasteiger charge is 2.12. The van der Waals surface area contributed by atoms with Gasteiger partial charge in [0.05, 0.1) is 11.3 Å². The number of pyridine rings is 1. The van der Waals surface area contributed by atoms with E-state index in [0.717, 1.165) is 34.7 Å². The van der Waals surface area contributed by atoms with E-state index < -0.39 is 17.5 Å². The first-order chi connectivity index (χ1) is 14.0. The standard InChI is InChI=1S/C21H17F2N5O/c22-13-6-14(23)8-15(7-13)28-20-9-19(17(11-27-20)21(24)29)26-10-12-2-1-3-18-16(12)4-5-25-18/h1-9,11,25H,10H2,(H2,24,29)(H2,26,27,28). The van der Waals surface area contributed by atoms with E-state index in [2.05, 4.69) is 20.6 Å². The summed E-state index contributed by atoms with van der Waals surface area (Å²) in [6, 6.07) is 12.5. The van der Waals surface area contributed by atoms with E-state index in [9.17, 15) is 13.6 Å². The monoisotopic (exact) mass is 393 g/mol. The third-order valence-electron chi connectivity index (χ3n) is 4.46. The molecule has 0 fully saturated rings. The van der Waals surface area contributed by atoms with Gasteiger partial charge >= 0.3 is 0 Å². The van der Waals surface area contributed by atoms with Gasteiger partial charge in [-0.25, -0.2) is 13.8 Å². The van der Waals surface area contributed by atoms with Crippen molar-refractivity contribution in [1.82, 2.24) is 9.97 Å². The highest BCUT2D eigenvalue weighted by molar-refractivity contribution is 5.98. The number of nitrogens with two attached hydrogens (primary N) is 1. The highest BCUT2D eigenvalue weighted by Crippen LogP contribution is 2.24. The van der Waals surface area contributed by atoms with Gasteiger partial charge in [0.1, 0.15) is 17.5 Å². The number of halogens is 2. The molecule has 0 unspecified atom stereocenters. The lowest BCUT2D eigenvalue weighted by atomic mass is 10.1. The van der Waals surface area contributed by atoms with Crippen LogP contribution in [0.15, 0.2) is 60.9 Å². The van der Waals surface area contributed by atoms with Crippen molar-refractivity contribution >= 4 is 34.0 Å². The number of hydrogen-bond donors (Lipinski definition) is 4. The average molecular weight is 393 g/mol. The molecule has 0 spiro atoms. The number of carbonyl (C=O) groups is 1. The fraction of sp³-hybridized carbons (Fsp3) is 0.0476. The van der Waals surface area contributed by atoms with Gasteiger partial charge in [0.15, 0.2) is 0 Å². The molecule has 0 aliphatic heterocycles. The van der Waals surface area contributed by atoms with Crippen LogP contribution >= 0.6 is 0 Å². The fourth-order valence-corrected chi connectivity index (χ4v) is 3.14. The number of nitrogens with zero attached hydrogens (tertiary/aromatic N) is 1. The van der Waals surface area contributed by atoms with Crippen LogP contribution in [-0.4, -0.2) is 15.9 Å². The normalized spacial score (nSPS) is 10.8. The predicted octanol–water partition coefficient (Wildman–Crippen LogP) is 4.30. The van der Waals surface area contributed by atoms with Crippen molar-refractivity contribution in [2.24, 2.45) is 5.73 Å². The number of anilines is 3. The van der Waals surface area contributed by atoms with Crippen LogP contribution in [0, 0.1) is 11.6 Å². The number of aromatic nitrogens is 2. The number of carbonyl (C=O) groups excluding carboxylic acids is 1. The van der Waals surface area contributed by atoms with Gasteiger partial charge in [0, 0.05) is 47.7 Å². The van der Waals surface area contributed by atoms with Gasteiger partial charge in [-0.15, -0.1) is 0 Å². The van der Waals surface area contributed by atoms with Crippen molar-refractivity contribution in [3.8, 4) is 0 Å². The summed E-state index contributed by atoms with van der Waals surface area (Å²) in [5.41, 5.74) is 8.35. The van der Waals surface area contributed by atoms with Crippen molar-refractivity contribution in [2.45, 2.75) is 6.54 Å². The molecule has 146 valence electrons. The summed E-state index contributed by atoms with van der Waals surface area (Å²) in [4.78, 5) is 19.0. The third kappa shape index (κ3) is 4.01. The summed E-state index contributed by atoms with van der Waals surface area (Å²) < 4.78 is 26.8. The van der Waals surface area contributed by atoms with Gasteiger partial charge in [-0.1, -0.05) is 12.1 Å². The lowest BCUT2D eigenvalue weighted by Gasteiger charge is -2.13. The maximum Gasteiger partial charge on any atom is 0.252 e.